The molecule has 3 heteroatoms. The number of aryl methyl sites for hydroxylation is 1. The zero-order valence-electron chi connectivity index (χ0n) is 15.8. The third kappa shape index (κ3) is 5.85. The van der Waals surface area contributed by atoms with Gasteiger partial charge in [0, 0.05) is 13.8 Å². The molecule has 0 aromatic heterocycles. The van der Waals surface area contributed by atoms with E-state index >= 15 is 0 Å². The SMILES string of the molecule is C[Si](C)(C)CC/C(CCc1ccccc1)=N\N1CC1c1ccccc1. The van der Waals surface area contributed by atoms with Gasteiger partial charge in [0.2, 0.25) is 0 Å². The summed E-state index contributed by atoms with van der Waals surface area (Å²) in [6, 6.07) is 23.4. The van der Waals surface area contributed by atoms with Crippen LogP contribution in [-0.4, -0.2) is 25.3 Å². The fourth-order valence-corrected chi connectivity index (χ4v) is 4.09. The van der Waals surface area contributed by atoms with Crippen LogP contribution in [0.15, 0.2) is 65.8 Å². The summed E-state index contributed by atoms with van der Waals surface area (Å²) in [6.45, 7) is 8.41. The third-order valence-electron chi connectivity index (χ3n) is 4.75. The molecular weight excluding hydrogens is 320 g/mol. The lowest BCUT2D eigenvalue weighted by Gasteiger charge is -2.16. The Morgan fingerprint density at radius 3 is 2.24 bits per heavy atom. The summed E-state index contributed by atoms with van der Waals surface area (Å²) in [7, 11) is -1.04. The molecule has 0 aliphatic carbocycles. The molecule has 1 heterocycles. The van der Waals surface area contributed by atoms with Crippen LogP contribution >= 0.6 is 0 Å². The molecule has 1 atom stereocenters. The molecule has 25 heavy (non-hydrogen) atoms. The third-order valence-corrected chi connectivity index (χ3v) is 6.50. The lowest BCUT2D eigenvalue weighted by molar-refractivity contribution is 0.548. The average Bonchev–Trinajstić information content (AvgIpc) is 3.37. The van der Waals surface area contributed by atoms with Crippen molar-refractivity contribution >= 4 is 13.8 Å². The maximum atomic E-state index is 5.04. The van der Waals surface area contributed by atoms with Crippen molar-refractivity contribution in [3.05, 3.63) is 71.8 Å². The average molecular weight is 351 g/mol. The molecule has 2 aromatic rings. The van der Waals surface area contributed by atoms with E-state index in [9.17, 15) is 0 Å². The van der Waals surface area contributed by atoms with Gasteiger partial charge in [-0.3, -0.25) is 5.01 Å². The van der Waals surface area contributed by atoms with Crippen LogP contribution in [0, 0.1) is 0 Å². The van der Waals surface area contributed by atoms with Crippen molar-refractivity contribution < 1.29 is 0 Å². The van der Waals surface area contributed by atoms with Crippen LogP contribution in [-0.2, 0) is 6.42 Å². The highest BCUT2D eigenvalue weighted by Gasteiger charge is 2.34. The van der Waals surface area contributed by atoms with Crippen LogP contribution in [0.3, 0.4) is 0 Å². The van der Waals surface area contributed by atoms with Gasteiger partial charge in [-0.2, -0.15) is 5.10 Å². The number of hydrogen-bond acceptors (Lipinski definition) is 2. The Morgan fingerprint density at radius 2 is 1.60 bits per heavy atom. The summed E-state index contributed by atoms with van der Waals surface area (Å²) in [5.74, 6) is 0. The van der Waals surface area contributed by atoms with E-state index in [1.54, 1.807) is 0 Å². The smallest absolute Gasteiger partial charge is 0.0912 e. The number of benzene rings is 2. The Morgan fingerprint density at radius 1 is 0.960 bits per heavy atom. The first kappa shape index (κ1) is 17.9. The minimum absolute atomic E-state index is 0.486. The normalized spacial score (nSPS) is 17.6. The second-order valence-electron chi connectivity index (χ2n) is 8.26. The molecule has 0 spiro atoms. The Kier molecular flexibility index (Phi) is 5.74. The van der Waals surface area contributed by atoms with Gasteiger partial charge in [0.15, 0.2) is 0 Å². The van der Waals surface area contributed by atoms with Gasteiger partial charge < -0.3 is 0 Å². The molecule has 1 aliphatic rings. The van der Waals surface area contributed by atoms with E-state index in [0.29, 0.717) is 6.04 Å². The zero-order chi connectivity index (χ0) is 17.7. The van der Waals surface area contributed by atoms with Crippen molar-refractivity contribution in [2.24, 2.45) is 5.10 Å². The van der Waals surface area contributed by atoms with Crippen LogP contribution < -0.4 is 0 Å². The van der Waals surface area contributed by atoms with Gasteiger partial charge in [-0.1, -0.05) is 86.3 Å². The molecule has 2 nitrogen and oxygen atoms in total. The lowest BCUT2D eigenvalue weighted by atomic mass is 10.1. The van der Waals surface area contributed by atoms with Gasteiger partial charge in [0.25, 0.3) is 0 Å². The molecule has 0 N–H and O–H groups in total. The highest BCUT2D eigenvalue weighted by molar-refractivity contribution is 6.76. The quantitative estimate of drug-likeness (QED) is 0.336. The Bertz CT molecular complexity index is 689. The van der Waals surface area contributed by atoms with E-state index in [0.717, 1.165) is 25.8 Å². The Balaban J connectivity index is 1.63. The summed E-state index contributed by atoms with van der Waals surface area (Å²) in [5.41, 5.74) is 4.18. The van der Waals surface area contributed by atoms with Crippen molar-refractivity contribution in [2.45, 2.75) is 51.0 Å². The second-order valence-corrected chi connectivity index (χ2v) is 13.9. The summed E-state index contributed by atoms with van der Waals surface area (Å²) in [4.78, 5) is 0. The van der Waals surface area contributed by atoms with Gasteiger partial charge in [-0.05, 0) is 30.4 Å². The highest BCUT2D eigenvalue weighted by atomic mass is 28.3. The zero-order valence-corrected chi connectivity index (χ0v) is 16.8. The maximum Gasteiger partial charge on any atom is 0.0912 e. The van der Waals surface area contributed by atoms with Crippen LogP contribution in [0.5, 0.6) is 0 Å². The van der Waals surface area contributed by atoms with Crippen molar-refractivity contribution in [3.63, 3.8) is 0 Å². The maximum absolute atomic E-state index is 5.04. The summed E-state index contributed by atoms with van der Waals surface area (Å²) < 4.78 is 0. The van der Waals surface area contributed by atoms with E-state index in [1.807, 2.05) is 0 Å². The monoisotopic (exact) mass is 350 g/mol. The van der Waals surface area contributed by atoms with Gasteiger partial charge in [0.1, 0.15) is 0 Å². The first-order valence-electron chi connectivity index (χ1n) is 9.43. The van der Waals surface area contributed by atoms with Gasteiger partial charge in [-0.25, -0.2) is 0 Å². The first-order chi connectivity index (χ1) is 12.0. The van der Waals surface area contributed by atoms with E-state index in [1.165, 1.54) is 22.9 Å². The molecule has 1 unspecified atom stereocenters. The number of hydrogen-bond donors (Lipinski definition) is 0. The lowest BCUT2D eigenvalue weighted by Crippen LogP contribution is -2.21. The molecule has 1 fully saturated rings. The highest BCUT2D eigenvalue weighted by Crippen LogP contribution is 2.35. The van der Waals surface area contributed by atoms with E-state index < -0.39 is 8.07 Å². The molecule has 3 rings (SSSR count). The fraction of sp³-hybridized carbons (Fsp3) is 0.409. The Labute approximate surface area is 153 Å². The van der Waals surface area contributed by atoms with Crippen LogP contribution in [0.4, 0.5) is 0 Å². The van der Waals surface area contributed by atoms with Gasteiger partial charge in [0.05, 0.1) is 12.6 Å². The van der Waals surface area contributed by atoms with Gasteiger partial charge >= 0.3 is 0 Å². The standard InChI is InChI=1S/C22H30N2Si/c1-25(2,3)17-16-21(15-14-19-10-6-4-7-11-19)23-24-18-22(24)20-12-8-5-9-13-20/h4-13,22H,14-18H2,1-3H3/b23-21-. The van der Waals surface area contributed by atoms with Crippen LogP contribution in [0.1, 0.15) is 30.0 Å². The number of nitrogens with zero attached hydrogens (tertiary/aromatic N) is 2. The molecule has 0 amide bonds. The fourth-order valence-electron chi connectivity index (χ4n) is 3.05. The first-order valence-corrected chi connectivity index (χ1v) is 13.1. The van der Waals surface area contributed by atoms with Crippen molar-refractivity contribution in [1.82, 2.24) is 5.01 Å². The summed E-state index contributed by atoms with van der Waals surface area (Å²) >= 11 is 0. The van der Waals surface area contributed by atoms with E-state index in [2.05, 4.69) is 85.3 Å². The largest absolute Gasteiger partial charge is 0.285 e. The van der Waals surface area contributed by atoms with Crippen LogP contribution in [0.25, 0.3) is 0 Å². The predicted molar refractivity (Wildman–Crippen MR) is 111 cm³/mol. The number of rotatable bonds is 8. The van der Waals surface area contributed by atoms with Crippen molar-refractivity contribution in [1.29, 1.82) is 0 Å². The van der Waals surface area contributed by atoms with Crippen LogP contribution in [0.2, 0.25) is 25.7 Å². The molecule has 2 aromatic carbocycles. The summed E-state index contributed by atoms with van der Waals surface area (Å²) in [5, 5.41) is 7.30. The van der Waals surface area contributed by atoms with Crippen molar-refractivity contribution in [2.75, 3.05) is 6.54 Å². The molecular formula is C22H30N2Si. The molecule has 0 radical (unpaired) electrons. The number of hydrazone groups is 1. The molecule has 1 saturated heterocycles. The van der Waals surface area contributed by atoms with E-state index in [4.69, 9.17) is 5.10 Å². The predicted octanol–water partition coefficient (Wildman–Crippen LogP) is 5.76. The molecule has 132 valence electrons. The minimum Gasteiger partial charge on any atom is -0.285 e. The molecule has 1 aliphatic heterocycles. The minimum atomic E-state index is -1.04. The molecule has 0 saturated carbocycles. The second kappa shape index (κ2) is 8.00. The van der Waals surface area contributed by atoms with Crippen molar-refractivity contribution in [3.8, 4) is 0 Å². The van der Waals surface area contributed by atoms with Gasteiger partial charge in [-0.15, -0.1) is 0 Å². The van der Waals surface area contributed by atoms with E-state index in [-0.39, 0.29) is 0 Å². The summed E-state index contributed by atoms with van der Waals surface area (Å²) in [6.07, 6.45) is 3.32. The topological polar surface area (TPSA) is 15.4 Å². The Hall–Kier alpha value is -1.87. The molecule has 0 bridgehead atoms.